The van der Waals surface area contributed by atoms with Crippen LogP contribution in [0.25, 0.3) is 0 Å². The van der Waals surface area contributed by atoms with Crippen LogP contribution in [0.15, 0.2) is 40.3 Å². The number of aromatic nitrogens is 2. The van der Waals surface area contributed by atoms with Crippen molar-refractivity contribution in [1.29, 1.82) is 0 Å². The molecule has 3 heterocycles. The molecular formula is C20H25N5O3. The Labute approximate surface area is 163 Å². The maximum absolute atomic E-state index is 13.0. The van der Waals surface area contributed by atoms with Crippen LogP contribution >= 0.6 is 0 Å². The molecule has 1 atom stereocenters. The second-order valence-electron chi connectivity index (χ2n) is 7.89. The Hall–Kier alpha value is -3.03. The van der Waals surface area contributed by atoms with E-state index >= 15 is 0 Å². The van der Waals surface area contributed by atoms with E-state index in [1.807, 2.05) is 11.6 Å². The maximum Gasteiger partial charge on any atom is 0.319 e. The van der Waals surface area contributed by atoms with Crippen LogP contribution in [0.3, 0.4) is 0 Å². The SMILES string of the molecule is CC1=C(C(=O)NCC2(Cn3nc(C)cc3C)CC2)[C@@H](c2ccoc2)NC(=O)N1. The highest BCUT2D eigenvalue weighted by Gasteiger charge is 2.44. The number of nitrogens with zero attached hydrogens (tertiary/aromatic N) is 2. The van der Waals surface area contributed by atoms with Crippen LogP contribution in [-0.4, -0.2) is 28.3 Å². The molecule has 1 aliphatic carbocycles. The zero-order chi connectivity index (χ0) is 19.9. The van der Waals surface area contributed by atoms with Gasteiger partial charge in [-0.2, -0.15) is 5.10 Å². The van der Waals surface area contributed by atoms with E-state index in [4.69, 9.17) is 4.42 Å². The number of carbonyl (C=O) groups excluding carboxylic acids is 2. The summed E-state index contributed by atoms with van der Waals surface area (Å²) in [6, 6.07) is 2.96. The van der Waals surface area contributed by atoms with Crippen LogP contribution in [0, 0.1) is 19.3 Å². The molecule has 28 heavy (non-hydrogen) atoms. The van der Waals surface area contributed by atoms with E-state index in [1.165, 1.54) is 6.26 Å². The molecule has 0 spiro atoms. The minimum absolute atomic E-state index is 0.0455. The summed E-state index contributed by atoms with van der Waals surface area (Å²) in [5.74, 6) is -0.184. The monoisotopic (exact) mass is 383 g/mol. The number of rotatable bonds is 6. The molecule has 2 aromatic rings. The number of amides is 3. The molecule has 0 unspecified atom stereocenters. The van der Waals surface area contributed by atoms with Gasteiger partial charge in [0.15, 0.2) is 0 Å². The van der Waals surface area contributed by atoms with E-state index in [9.17, 15) is 9.59 Å². The first-order valence-electron chi connectivity index (χ1n) is 9.46. The van der Waals surface area contributed by atoms with Crippen LogP contribution in [0.5, 0.6) is 0 Å². The van der Waals surface area contributed by atoms with Crippen molar-refractivity contribution in [2.45, 2.75) is 46.2 Å². The Kier molecular flexibility index (Phi) is 4.49. The zero-order valence-corrected chi connectivity index (χ0v) is 16.3. The first kappa shape index (κ1) is 18.3. The van der Waals surface area contributed by atoms with Crippen molar-refractivity contribution in [2.24, 2.45) is 5.41 Å². The van der Waals surface area contributed by atoms with Gasteiger partial charge in [0.25, 0.3) is 5.91 Å². The molecule has 2 aliphatic rings. The number of hydrogen-bond donors (Lipinski definition) is 3. The molecule has 4 rings (SSSR count). The molecule has 1 fully saturated rings. The Morgan fingerprint density at radius 1 is 1.39 bits per heavy atom. The summed E-state index contributed by atoms with van der Waals surface area (Å²) in [6.45, 7) is 7.15. The van der Waals surface area contributed by atoms with Crippen molar-refractivity contribution in [3.63, 3.8) is 0 Å². The highest BCUT2D eigenvalue weighted by Crippen LogP contribution is 2.46. The van der Waals surface area contributed by atoms with Crippen molar-refractivity contribution >= 4 is 11.9 Å². The van der Waals surface area contributed by atoms with Gasteiger partial charge in [-0.3, -0.25) is 9.48 Å². The van der Waals surface area contributed by atoms with E-state index in [0.29, 0.717) is 17.8 Å². The van der Waals surface area contributed by atoms with Gasteiger partial charge >= 0.3 is 6.03 Å². The molecule has 8 nitrogen and oxygen atoms in total. The van der Waals surface area contributed by atoms with Crippen LogP contribution < -0.4 is 16.0 Å². The second kappa shape index (κ2) is 6.85. The summed E-state index contributed by atoms with van der Waals surface area (Å²) < 4.78 is 7.16. The minimum Gasteiger partial charge on any atom is -0.472 e. The molecule has 0 bridgehead atoms. The van der Waals surface area contributed by atoms with E-state index in [0.717, 1.165) is 36.3 Å². The lowest BCUT2D eigenvalue weighted by Crippen LogP contribution is -2.47. The van der Waals surface area contributed by atoms with Gasteiger partial charge in [-0.15, -0.1) is 0 Å². The molecule has 148 valence electrons. The van der Waals surface area contributed by atoms with Gasteiger partial charge in [0.05, 0.1) is 29.8 Å². The molecule has 3 N–H and O–H groups in total. The average molecular weight is 383 g/mol. The lowest BCUT2D eigenvalue weighted by molar-refractivity contribution is -0.118. The van der Waals surface area contributed by atoms with Gasteiger partial charge in [0, 0.05) is 35.5 Å². The van der Waals surface area contributed by atoms with E-state index in [1.54, 1.807) is 19.3 Å². The third-order valence-electron chi connectivity index (χ3n) is 5.56. The molecule has 8 heteroatoms. The summed E-state index contributed by atoms with van der Waals surface area (Å²) in [5.41, 5.74) is 3.98. The van der Waals surface area contributed by atoms with Crippen molar-refractivity contribution in [3.05, 3.63) is 52.9 Å². The first-order valence-corrected chi connectivity index (χ1v) is 9.46. The molecule has 0 saturated heterocycles. The van der Waals surface area contributed by atoms with Gasteiger partial charge < -0.3 is 20.4 Å². The minimum atomic E-state index is -0.529. The van der Waals surface area contributed by atoms with Crippen molar-refractivity contribution in [1.82, 2.24) is 25.7 Å². The van der Waals surface area contributed by atoms with Crippen molar-refractivity contribution in [3.8, 4) is 0 Å². The van der Waals surface area contributed by atoms with Crippen LogP contribution in [0.2, 0.25) is 0 Å². The second-order valence-corrected chi connectivity index (χ2v) is 7.89. The number of urea groups is 1. The average Bonchev–Trinajstić information content (AvgIpc) is 3.03. The van der Waals surface area contributed by atoms with E-state index in [-0.39, 0.29) is 17.4 Å². The Balaban J connectivity index is 1.47. The number of furan rings is 1. The van der Waals surface area contributed by atoms with E-state index in [2.05, 4.69) is 34.0 Å². The summed E-state index contributed by atoms with van der Waals surface area (Å²) in [6.07, 6.45) is 5.19. The summed E-state index contributed by atoms with van der Waals surface area (Å²) in [7, 11) is 0. The Morgan fingerprint density at radius 2 is 2.18 bits per heavy atom. The number of allylic oxidation sites excluding steroid dienone is 1. The fourth-order valence-corrected chi connectivity index (χ4v) is 3.77. The molecular weight excluding hydrogens is 358 g/mol. The quantitative estimate of drug-likeness (QED) is 0.712. The normalized spacial score (nSPS) is 20.5. The van der Waals surface area contributed by atoms with Gasteiger partial charge in [-0.25, -0.2) is 4.79 Å². The maximum atomic E-state index is 13.0. The summed E-state index contributed by atoms with van der Waals surface area (Å²) in [4.78, 5) is 24.9. The molecule has 3 amide bonds. The molecule has 0 aromatic carbocycles. The van der Waals surface area contributed by atoms with Crippen LogP contribution in [0.4, 0.5) is 4.79 Å². The topological polar surface area (TPSA) is 101 Å². The number of hydrogen-bond acceptors (Lipinski definition) is 4. The zero-order valence-electron chi connectivity index (χ0n) is 16.3. The smallest absolute Gasteiger partial charge is 0.319 e. The summed E-state index contributed by atoms with van der Waals surface area (Å²) in [5, 5.41) is 13.1. The predicted octanol–water partition coefficient (Wildman–Crippen LogP) is 2.32. The van der Waals surface area contributed by atoms with Crippen molar-refractivity contribution < 1.29 is 14.0 Å². The largest absolute Gasteiger partial charge is 0.472 e. The van der Waals surface area contributed by atoms with E-state index < -0.39 is 6.04 Å². The number of carbonyl (C=O) groups is 2. The number of nitrogens with one attached hydrogen (secondary N) is 3. The summed E-state index contributed by atoms with van der Waals surface area (Å²) >= 11 is 0. The van der Waals surface area contributed by atoms with Gasteiger partial charge in [0.2, 0.25) is 0 Å². The predicted molar refractivity (Wildman–Crippen MR) is 102 cm³/mol. The Bertz CT molecular complexity index is 937. The van der Waals surface area contributed by atoms with Gasteiger partial charge in [-0.05, 0) is 45.7 Å². The van der Waals surface area contributed by atoms with Gasteiger partial charge in [0.1, 0.15) is 0 Å². The highest BCUT2D eigenvalue weighted by molar-refractivity contribution is 5.98. The van der Waals surface area contributed by atoms with Crippen LogP contribution in [-0.2, 0) is 11.3 Å². The molecule has 1 saturated carbocycles. The standard InChI is InChI=1S/C20H25N5O3/c1-12-8-13(2)25(24-12)11-20(5-6-20)10-21-18(26)16-14(3)22-19(27)23-17(16)15-4-7-28-9-15/h4,7-9,17H,5-6,10-11H2,1-3H3,(H,21,26)(H2,22,23,27)/t17-/m1/s1. The Morgan fingerprint density at radius 3 is 2.79 bits per heavy atom. The van der Waals surface area contributed by atoms with Gasteiger partial charge in [-0.1, -0.05) is 0 Å². The first-order chi connectivity index (χ1) is 13.4. The van der Waals surface area contributed by atoms with Crippen molar-refractivity contribution in [2.75, 3.05) is 6.54 Å². The van der Waals surface area contributed by atoms with Crippen LogP contribution in [0.1, 0.15) is 42.8 Å². The molecule has 1 aliphatic heterocycles. The molecule has 0 radical (unpaired) electrons. The lowest BCUT2D eigenvalue weighted by atomic mass is 9.96. The third kappa shape index (κ3) is 3.54. The molecule has 2 aromatic heterocycles. The highest BCUT2D eigenvalue weighted by atomic mass is 16.3. The number of aryl methyl sites for hydroxylation is 2. The fourth-order valence-electron chi connectivity index (χ4n) is 3.77. The lowest BCUT2D eigenvalue weighted by Gasteiger charge is -2.28. The fraction of sp³-hybridized carbons (Fsp3) is 0.450. The third-order valence-corrected chi connectivity index (χ3v) is 5.56.